The second kappa shape index (κ2) is 13.2. The number of nitrogens with zero attached hydrogens (tertiary/aromatic N) is 1. The van der Waals surface area contributed by atoms with Crippen molar-refractivity contribution in [2.24, 2.45) is 5.10 Å². The van der Waals surface area contributed by atoms with Crippen molar-refractivity contribution in [3.8, 4) is 11.5 Å². The summed E-state index contributed by atoms with van der Waals surface area (Å²) in [4.78, 5) is 38.6. The first-order valence-corrected chi connectivity index (χ1v) is 13.9. The van der Waals surface area contributed by atoms with Crippen molar-refractivity contribution in [2.45, 2.75) is 39.2 Å². The normalized spacial score (nSPS) is 12.8. The van der Waals surface area contributed by atoms with Gasteiger partial charge in [0.2, 0.25) is 0 Å². The zero-order chi connectivity index (χ0) is 28.8. The number of halogens is 2. The number of fused-ring (bicyclic) bond motifs is 1. The Bertz CT molecular complexity index is 1490. The summed E-state index contributed by atoms with van der Waals surface area (Å²) in [5, 5.41) is 7.94. The van der Waals surface area contributed by atoms with Crippen LogP contribution in [-0.2, 0) is 33.8 Å². The largest absolute Gasteiger partial charge is 0.493 e. The van der Waals surface area contributed by atoms with Gasteiger partial charge in [0, 0.05) is 26.0 Å². The van der Waals surface area contributed by atoms with Crippen LogP contribution in [0, 0.1) is 0 Å². The van der Waals surface area contributed by atoms with Crippen LogP contribution in [-0.4, -0.2) is 37.7 Å². The number of anilines is 1. The Hall–Kier alpha value is -3.60. The molecule has 210 valence electrons. The van der Waals surface area contributed by atoms with E-state index in [0.717, 1.165) is 41.7 Å². The van der Waals surface area contributed by atoms with Crippen LogP contribution in [0.15, 0.2) is 41.5 Å². The average molecular weight is 605 g/mol. The molecule has 3 aromatic rings. The van der Waals surface area contributed by atoms with E-state index in [4.69, 9.17) is 37.4 Å². The summed E-state index contributed by atoms with van der Waals surface area (Å²) in [6.45, 7) is 1.87. The third-order valence-corrected chi connectivity index (χ3v) is 8.09. The number of methoxy groups -OCH3 is 2. The molecule has 0 fully saturated rings. The van der Waals surface area contributed by atoms with Gasteiger partial charge in [0.15, 0.2) is 11.5 Å². The number of carbonyl (C=O) groups excluding carboxylic acids is 3. The van der Waals surface area contributed by atoms with Crippen molar-refractivity contribution < 1.29 is 28.6 Å². The van der Waals surface area contributed by atoms with Gasteiger partial charge < -0.3 is 19.5 Å². The minimum atomic E-state index is -0.978. The van der Waals surface area contributed by atoms with Gasteiger partial charge in [-0.15, -0.1) is 11.3 Å². The van der Waals surface area contributed by atoms with Crippen molar-refractivity contribution in [3.05, 3.63) is 73.6 Å². The molecular weight excluding hydrogens is 577 g/mol. The molecule has 9 nitrogen and oxygen atoms in total. The van der Waals surface area contributed by atoms with Crippen LogP contribution in [0.2, 0.25) is 10.0 Å². The maximum atomic E-state index is 12.6. The quantitative estimate of drug-likeness (QED) is 0.146. The number of carbonyl (C=O) groups is 3. The first-order valence-electron chi connectivity index (χ1n) is 12.4. The van der Waals surface area contributed by atoms with Crippen LogP contribution >= 0.6 is 34.5 Å². The Balaban J connectivity index is 1.41. The molecule has 2 N–H and O–H groups in total. The first kappa shape index (κ1) is 29.4. The number of hydrogen-bond acceptors (Lipinski definition) is 8. The predicted molar refractivity (Wildman–Crippen MR) is 155 cm³/mol. The fraction of sp³-hybridized carbons (Fsp3) is 0.286. The van der Waals surface area contributed by atoms with Crippen molar-refractivity contribution in [1.82, 2.24) is 5.43 Å². The first-order chi connectivity index (χ1) is 19.2. The molecule has 0 aliphatic heterocycles. The predicted octanol–water partition coefficient (Wildman–Crippen LogP) is 5.79. The number of nitrogens with one attached hydrogen (secondary N) is 2. The highest BCUT2D eigenvalue weighted by Gasteiger charge is 2.28. The standard InChI is InChI=1S/C28H27Cl2N3O6S/c1-15(16-9-11-21(22(12-16)37-2)39-14-17-8-10-18(29)13-20(17)30)32-33-26(35)25(34)31-27-24(28(36)38-3)19-6-4-5-7-23(19)40-27/h8-13H,4-7,14H2,1-3H3,(H,31,34)(H,33,35)/b32-15+. The molecule has 1 aliphatic rings. The second-order valence-electron chi connectivity index (χ2n) is 8.89. The van der Waals surface area contributed by atoms with Crippen LogP contribution in [0.3, 0.4) is 0 Å². The summed E-state index contributed by atoms with van der Waals surface area (Å²) in [5.74, 6) is -1.54. The Morgan fingerprint density at radius 1 is 1.00 bits per heavy atom. The summed E-state index contributed by atoms with van der Waals surface area (Å²) in [7, 11) is 2.79. The molecule has 2 amide bonds. The van der Waals surface area contributed by atoms with Gasteiger partial charge in [-0.25, -0.2) is 10.2 Å². The summed E-state index contributed by atoms with van der Waals surface area (Å²) in [6, 6.07) is 10.3. The lowest BCUT2D eigenvalue weighted by Gasteiger charge is -2.13. The van der Waals surface area contributed by atoms with E-state index in [2.05, 4.69) is 15.8 Å². The lowest BCUT2D eigenvalue weighted by Crippen LogP contribution is -2.33. The zero-order valence-corrected chi connectivity index (χ0v) is 24.4. The molecule has 0 saturated heterocycles. The molecule has 12 heteroatoms. The van der Waals surface area contributed by atoms with Crippen molar-refractivity contribution in [2.75, 3.05) is 19.5 Å². The zero-order valence-electron chi connectivity index (χ0n) is 22.1. The summed E-state index contributed by atoms with van der Waals surface area (Å²) >= 11 is 13.5. The summed E-state index contributed by atoms with van der Waals surface area (Å²) in [6.07, 6.45) is 3.50. The highest BCUT2D eigenvalue weighted by Crippen LogP contribution is 2.38. The Morgan fingerprint density at radius 2 is 1.77 bits per heavy atom. The van der Waals surface area contributed by atoms with E-state index in [0.29, 0.717) is 43.4 Å². The second-order valence-corrected chi connectivity index (χ2v) is 10.8. The number of hydrazone groups is 1. The SMILES string of the molecule is COC(=O)c1c(NC(=O)C(=O)N/N=C(\C)c2ccc(OCc3ccc(Cl)cc3Cl)c(OC)c2)sc2c1CCCC2. The van der Waals surface area contributed by atoms with Crippen LogP contribution in [0.5, 0.6) is 11.5 Å². The molecular formula is C28H27Cl2N3O6S. The number of thiophene rings is 1. The third kappa shape index (κ3) is 6.75. The highest BCUT2D eigenvalue weighted by molar-refractivity contribution is 7.17. The van der Waals surface area contributed by atoms with Crippen LogP contribution in [0.1, 0.15) is 51.7 Å². The molecule has 0 atom stereocenters. The van der Waals surface area contributed by atoms with Gasteiger partial charge in [-0.2, -0.15) is 5.10 Å². The molecule has 0 radical (unpaired) electrons. The van der Waals surface area contributed by atoms with Gasteiger partial charge in [-0.05, 0) is 68.5 Å². The van der Waals surface area contributed by atoms with Gasteiger partial charge in [0.1, 0.15) is 11.6 Å². The number of ether oxygens (including phenoxy) is 3. The average Bonchev–Trinajstić information content (AvgIpc) is 3.32. The number of esters is 1. The van der Waals surface area contributed by atoms with E-state index in [1.54, 1.807) is 43.3 Å². The molecule has 2 aromatic carbocycles. The maximum Gasteiger partial charge on any atom is 0.341 e. The topological polar surface area (TPSA) is 115 Å². The van der Waals surface area contributed by atoms with E-state index < -0.39 is 17.8 Å². The molecule has 40 heavy (non-hydrogen) atoms. The van der Waals surface area contributed by atoms with E-state index in [9.17, 15) is 14.4 Å². The molecule has 1 aliphatic carbocycles. The fourth-order valence-electron chi connectivity index (χ4n) is 4.19. The van der Waals surface area contributed by atoms with Crippen molar-refractivity contribution in [1.29, 1.82) is 0 Å². The van der Waals surface area contributed by atoms with Crippen LogP contribution < -0.4 is 20.2 Å². The smallest absolute Gasteiger partial charge is 0.341 e. The van der Waals surface area contributed by atoms with Crippen molar-refractivity contribution in [3.63, 3.8) is 0 Å². The Kier molecular flexibility index (Phi) is 9.67. The Labute approximate surface area is 245 Å². The summed E-state index contributed by atoms with van der Waals surface area (Å²) in [5.41, 5.74) is 5.28. The monoisotopic (exact) mass is 603 g/mol. The number of rotatable bonds is 8. The number of aryl methyl sites for hydroxylation is 1. The van der Waals surface area contributed by atoms with E-state index in [1.807, 2.05) is 0 Å². The molecule has 0 saturated carbocycles. The van der Waals surface area contributed by atoms with Crippen LogP contribution in [0.4, 0.5) is 5.00 Å². The molecule has 1 heterocycles. The Morgan fingerprint density at radius 3 is 2.50 bits per heavy atom. The van der Waals surface area contributed by atoms with Gasteiger partial charge in [0.05, 0.1) is 25.5 Å². The van der Waals surface area contributed by atoms with E-state index in [1.165, 1.54) is 25.6 Å². The summed E-state index contributed by atoms with van der Waals surface area (Å²) < 4.78 is 16.2. The number of amides is 2. The van der Waals surface area contributed by atoms with E-state index in [-0.39, 0.29) is 6.61 Å². The van der Waals surface area contributed by atoms with Gasteiger partial charge in [-0.1, -0.05) is 29.3 Å². The van der Waals surface area contributed by atoms with E-state index >= 15 is 0 Å². The van der Waals surface area contributed by atoms with Gasteiger partial charge in [0.25, 0.3) is 0 Å². The maximum absolute atomic E-state index is 12.6. The lowest BCUT2D eigenvalue weighted by molar-refractivity contribution is -0.136. The van der Waals surface area contributed by atoms with Crippen molar-refractivity contribution >= 4 is 63.0 Å². The minimum absolute atomic E-state index is 0.203. The fourth-order valence-corrected chi connectivity index (χ4v) is 5.92. The minimum Gasteiger partial charge on any atom is -0.493 e. The number of hydrogen-bond donors (Lipinski definition) is 2. The molecule has 1 aromatic heterocycles. The molecule has 0 spiro atoms. The van der Waals surface area contributed by atoms with Gasteiger partial charge >= 0.3 is 17.8 Å². The van der Waals surface area contributed by atoms with Crippen LogP contribution in [0.25, 0.3) is 0 Å². The molecule has 0 bridgehead atoms. The number of benzene rings is 2. The van der Waals surface area contributed by atoms with Gasteiger partial charge in [-0.3, -0.25) is 9.59 Å². The lowest BCUT2D eigenvalue weighted by atomic mass is 9.95. The molecule has 4 rings (SSSR count). The third-order valence-electron chi connectivity index (χ3n) is 6.30. The highest BCUT2D eigenvalue weighted by atomic mass is 35.5. The molecule has 0 unspecified atom stereocenters.